The van der Waals surface area contributed by atoms with Gasteiger partial charge in [0, 0.05) is 31.2 Å². The lowest BCUT2D eigenvalue weighted by Gasteiger charge is -2.36. The van der Waals surface area contributed by atoms with Crippen molar-refractivity contribution >= 4 is 5.91 Å². The van der Waals surface area contributed by atoms with Crippen LogP contribution in [0.3, 0.4) is 0 Å². The van der Waals surface area contributed by atoms with E-state index in [0.717, 1.165) is 49.2 Å². The van der Waals surface area contributed by atoms with Crippen LogP contribution in [0.4, 0.5) is 0 Å². The molecule has 3 atom stereocenters. The van der Waals surface area contributed by atoms with E-state index in [9.17, 15) is 4.79 Å². The van der Waals surface area contributed by atoms with Crippen LogP contribution in [0, 0.1) is 11.8 Å². The highest BCUT2D eigenvalue weighted by Gasteiger charge is 2.37. The van der Waals surface area contributed by atoms with E-state index in [2.05, 4.69) is 75.6 Å². The summed E-state index contributed by atoms with van der Waals surface area (Å²) in [5.41, 5.74) is 4.00. The molecule has 1 N–H and O–H groups in total. The highest BCUT2D eigenvalue weighted by Crippen LogP contribution is 2.44. The zero-order valence-corrected chi connectivity index (χ0v) is 20.0. The number of fused-ring (bicyclic) bond motifs is 1. The molecule has 6 rings (SSSR count). The lowest BCUT2D eigenvalue weighted by atomic mass is 9.92. The van der Waals surface area contributed by atoms with E-state index in [1.807, 2.05) is 30.5 Å². The Morgan fingerprint density at radius 2 is 1.63 bits per heavy atom. The van der Waals surface area contributed by atoms with E-state index in [4.69, 9.17) is 5.10 Å². The first-order chi connectivity index (χ1) is 17.3. The fourth-order valence-electron chi connectivity index (χ4n) is 6.06. The molecule has 5 nitrogen and oxygen atoms in total. The van der Waals surface area contributed by atoms with Crippen molar-refractivity contribution in [1.82, 2.24) is 20.0 Å². The van der Waals surface area contributed by atoms with E-state index < -0.39 is 0 Å². The van der Waals surface area contributed by atoms with Gasteiger partial charge in [-0.15, -0.1) is 0 Å². The summed E-state index contributed by atoms with van der Waals surface area (Å²) in [5.74, 6) is 1.20. The van der Waals surface area contributed by atoms with Crippen LogP contribution in [0.5, 0.6) is 0 Å². The first-order valence-corrected chi connectivity index (χ1v) is 12.8. The molecule has 1 aromatic heterocycles. The van der Waals surface area contributed by atoms with E-state index in [-0.39, 0.29) is 18.0 Å². The number of aromatic nitrogens is 2. The van der Waals surface area contributed by atoms with E-state index in [1.54, 1.807) is 0 Å². The molecule has 2 aliphatic carbocycles. The Balaban J connectivity index is 1.34. The molecule has 2 aromatic carbocycles. The number of nitrogens with one attached hydrogen (secondary N) is 1. The Hall–Kier alpha value is -3.44. The van der Waals surface area contributed by atoms with Crippen molar-refractivity contribution in [1.29, 1.82) is 0 Å². The second-order valence-electron chi connectivity index (χ2n) is 9.99. The normalized spacial score (nSPS) is 25.5. The van der Waals surface area contributed by atoms with E-state index >= 15 is 0 Å². The quantitative estimate of drug-likeness (QED) is 0.584. The third-order valence-electron chi connectivity index (χ3n) is 7.81. The van der Waals surface area contributed by atoms with Gasteiger partial charge >= 0.3 is 0 Å². The maximum atomic E-state index is 14.1. The zero-order chi connectivity index (χ0) is 23.6. The van der Waals surface area contributed by atoms with Gasteiger partial charge in [-0.3, -0.25) is 9.48 Å². The van der Waals surface area contributed by atoms with Gasteiger partial charge in [0.2, 0.25) is 0 Å². The summed E-state index contributed by atoms with van der Waals surface area (Å²) in [5, 5.41) is 8.35. The van der Waals surface area contributed by atoms with Crippen molar-refractivity contribution in [3.8, 4) is 11.3 Å². The van der Waals surface area contributed by atoms with Crippen LogP contribution >= 0.6 is 0 Å². The number of carbonyl (C=O) groups excluding carboxylic acids is 1. The fraction of sp³-hybridized carbons (Fsp3) is 0.333. The van der Waals surface area contributed by atoms with Crippen LogP contribution in [0.1, 0.15) is 34.8 Å². The van der Waals surface area contributed by atoms with Gasteiger partial charge in [-0.25, -0.2) is 0 Å². The molecule has 1 amide bonds. The fourth-order valence-corrected chi connectivity index (χ4v) is 6.06. The maximum absolute atomic E-state index is 14.1. The van der Waals surface area contributed by atoms with Gasteiger partial charge in [-0.2, -0.15) is 5.10 Å². The second-order valence-corrected chi connectivity index (χ2v) is 9.99. The van der Waals surface area contributed by atoms with Gasteiger partial charge in [-0.1, -0.05) is 85.0 Å². The van der Waals surface area contributed by atoms with Crippen molar-refractivity contribution in [2.75, 3.05) is 19.6 Å². The molecule has 1 saturated carbocycles. The lowest BCUT2D eigenvalue weighted by Crippen LogP contribution is -2.54. The Bertz CT molecular complexity index is 1210. The number of hydrogen-bond donors (Lipinski definition) is 1. The molecule has 0 radical (unpaired) electrons. The summed E-state index contributed by atoms with van der Waals surface area (Å²) >= 11 is 0. The predicted molar refractivity (Wildman–Crippen MR) is 139 cm³/mol. The minimum absolute atomic E-state index is 0.0905. The topological polar surface area (TPSA) is 50.2 Å². The summed E-state index contributed by atoms with van der Waals surface area (Å²) in [6, 6.07) is 21.2. The van der Waals surface area contributed by atoms with Crippen molar-refractivity contribution in [3.05, 3.63) is 102 Å². The summed E-state index contributed by atoms with van der Waals surface area (Å²) in [4.78, 5) is 16.2. The summed E-state index contributed by atoms with van der Waals surface area (Å²) in [6.07, 6.45) is 13.8. The average molecular weight is 465 g/mol. The standard InChI is InChI=1S/C30H32N4O/c35-30(33-16-15-31-20-27(33)17-22-9-3-1-4-10-22)28-21-32-34(29(28)23-11-5-2-6-12-23)26-18-24-13-7-8-14-25(24)19-26/h1-14,21,24-27,31H,15-20H2/t24?,25?,26?,27-/m1/s1. The predicted octanol–water partition coefficient (Wildman–Crippen LogP) is 4.90. The number of nitrogens with zero attached hydrogens (tertiary/aromatic N) is 3. The molecular weight excluding hydrogens is 432 g/mol. The third kappa shape index (κ3) is 4.37. The molecule has 1 aliphatic heterocycles. The van der Waals surface area contributed by atoms with Crippen molar-refractivity contribution in [2.45, 2.75) is 31.3 Å². The largest absolute Gasteiger partial charge is 0.333 e. The molecule has 0 spiro atoms. The third-order valence-corrected chi connectivity index (χ3v) is 7.81. The molecule has 35 heavy (non-hydrogen) atoms. The highest BCUT2D eigenvalue weighted by atomic mass is 16.2. The summed E-state index contributed by atoms with van der Waals surface area (Å²) in [6.45, 7) is 2.33. The van der Waals surface area contributed by atoms with Crippen LogP contribution in [-0.2, 0) is 6.42 Å². The van der Waals surface area contributed by atoms with Gasteiger partial charge in [-0.05, 0) is 36.7 Å². The number of rotatable bonds is 5. The van der Waals surface area contributed by atoms with Gasteiger partial charge in [0.05, 0.1) is 23.5 Å². The minimum Gasteiger partial charge on any atom is -0.333 e. The number of carbonyl (C=O) groups is 1. The van der Waals surface area contributed by atoms with Crippen molar-refractivity contribution in [3.63, 3.8) is 0 Å². The van der Waals surface area contributed by atoms with Crippen LogP contribution in [0.25, 0.3) is 11.3 Å². The molecule has 2 fully saturated rings. The molecule has 178 valence electrons. The van der Waals surface area contributed by atoms with Gasteiger partial charge in [0.25, 0.3) is 5.91 Å². The molecule has 3 aliphatic rings. The van der Waals surface area contributed by atoms with E-state index in [1.165, 1.54) is 5.56 Å². The molecule has 3 aromatic rings. The number of hydrogen-bond acceptors (Lipinski definition) is 3. The van der Waals surface area contributed by atoms with Crippen LogP contribution in [0.15, 0.2) is 91.2 Å². The smallest absolute Gasteiger partial charge is 0.258 e. The molecule has 0 bridgehead atoms. The Morgan fingerprint density at radius 3 is 2.34 bits per heavy atom. The van der Waals surface area contributed by atoms with Gasteiger partial charge in [0.15, 0.2) is 0 Å². The Morgan fingerprint density at radius 1 is 0.943 bits per heavy atom. The minimum atomic E-state index is 0.0905. The maximum Gasteiger partial charge on any atom is 0.258 e. The number of piperazine rings is 1. The van der Waals surface area contributed by atoms with E-state index in [0.29, 0.717) is 18.4 Å². The number of amides is 1. The first-order valence-electron chi connectivity index (χ1n) is 12.8. The Kier molecular flexibility index (Phi) is 6.09. The summed E-state index contributed by atoms with van der Waals surface area (Å²) < 4.78 is 2.15. The number of benzene rings is 2. The van der Waals surface area contributed by atoms with Crippen LogP contribution in [0.2, 0.25) is 0 Å². The molecular formula is C30H32N4O. The molecule has 2 unspecified atom stereocenters. The van der Waals surface area contributed by atoms with Crippen LogP contribution in [-0.4, -0.2) is 46.3 Å². The SMILES string of the molecule is O=C(c1cnn(C2CC3C=CC=CC3C2)c1-c1ccccc1)N1CCNC[C@H]1Cc1ccccc1. The number of allylic oxidation sites excluding steroid dienone is 4. The Labute approximate surface area is 207 Å². The lowest BCUT2D eigenvalue weighted by molar-refractivity contribution is 0.0636. The molecule has 2 heterocycles. The average Bonchev–Trinajstić information content (AvgIpc) is 3.54. The van der Waals surface area contributed by atoms with Crippen molar-refractivity contribution < 1.29 is 4.79 Å². The summed E-state index contributed by atoms with van der Waals surface area (Å²) in [7, 11) is 0. The second kappa shape index (κ2) is 9.67. The zero-order valence-electron chi connectivity index (χ0n) is 20.0. The first kappa shape index (κ1) is 22.1. The van der Waals surface area contributed by atoms with Crippen LogP contribution < -0.4 is 5.32 Å². The molecule has 5 heteroatoms. The molecule has 1 saturated heterocycles. The van der Waals surface area contributed by atoms with Gasteiger partial charge < -0.3 is 10.2 Å². The monoisotopic (exact) mass is 464 g/mol. The van der Waals surface area contributed by atoms with Crippen molar-refractivity contribution in [2.24, 2.45) is 11.8 Å². The highest BCUT2D eigenvalue weighted by molar-refractivity contribution is 6.00. The van der Waals surface area contributed by atoms with Gasteiger partial charge in [0.1, 0.15) is 0 Å².